The highest BCUT2D eigenvalue weighted by Crippen LogP contribution is 2.32. The lowest BCUT2D eigenvalue weighted by molar-refractivity contribution is -0.385. The van der Waals surface area contributed by atoms with Gasteiger partial charge in [0.05, 0.1) is 4.92 Å². The molecule has 1 aliphatic heterocycles. The standard InChI is InChI=1S/C16H18N4O3S/c1-10-3-2-4-12(14(10)20(22)23)15(21)19-16-18-9-13(24-16)11-5-7-17-8-6-11/h2-4,9,11,17H,5-8H2,1H3,(H,18,19,21). The van der Waals surface area contributed by atoms with Gasteiger partial charge in [0, 0.05) is 16.6 Å². The number of carbonyl (C=O) groups is 1. The average Bonchev–Trinajstić information content (AvgIpc) is 3.03. The van der Waals surface area contributed by atoms with E-state index in [1.165, 1.54) is 17.4 Å². The van der Waals surface area contributed by atoms with Gasteiger partial charge in [0.2, 0.25) is 0 Å². The van der Waals surface area contributed by atoms with E-state index in [0.717, 1.165) is 30.8 Å². The molecular formula is C16H18N4O3S. The number of hydrogen-bond donors (Lipinski definition) is 2. The maximum Gasteiger partial charge on any atom is 0.285 e. The van der Waals surface area contributed by atoms with Gasteiger partial charge in [0.15, 0.2) is 5.13 Å². The van der Waals surface area contributed by atoms with Crippen LogP contribution in [0.2, 0.25) is 0 Å². The fourth-order valence-corrected chi connectivity index (χ4v) is 3.87. The normalized spacial score (nSPS) is 15.2. The smallest absolute Gasteiger partial charge is 0.285 e. The quantitative estimate of drug-likeness (QED) is 0.655. The van der Waals surface area contributed by atoms with Gasteiger partial charge >= 0.3 is 0 Å². The predicted molar refractivity (Wildman–Crippen MR) is 92.7 cm³/mol. The van der Waals surface area contributed by atoms with E-state index in [-0.39, 0.29) is 11.3 Å². The van der Waals surface area contributed by atoms with Gasteiger partial charge < -0.3 is 5.32 Å². The summed E-state index contributed by atoms with van der Waals surface area (Å²) in [5, 5.41) is 17.7. The van der Waals surface area contributed by atoms with E-state index in [4.69, 9.17) is 0 Å². The molecule has 0 aliphatic carbocycles. The van der Waals surface area contributed by atoms with Crippen molar-refractivity contribution in [3.05, 3.63) is 50.5 Å². The number of amides is 1. The Morgan fingerprint density at radius 2 is 2.17 bits per heavy atom. The number of anilines is 1. The Hall–Kier alpha value is -2.32. The largest absolute Gasteiger partial charge is 0.317 e. The zero-order chi connectivity index (χ0) is 17.1. The number of rotatable bonds is 4. The summed E-state index contributed by atoms with van der Waals surface area (Å²) in [4.78, 5) is 28.5. The van der Waals surface area contributed by atoms with Crippen molar-refractivity contribution in [1.29, 1.82) is 0 Å². The first-order valence-electron chi connectivity index (χ1n) is 7.78. The lowest BCUT2D eigenvalue weighted by Crippen LogP contribution is -2.26. The van der Waals surface area contributed by atoms with Crippen LogP contribution in [0.1, 0.15) is 39.6 Å². The minimum absolute atomic E-state index is 0.0543. The van der Waals surface area contributed by atoms with Crippen LogP contribution in [0.3, 0.4) is 0 Å². The molecule has 7 nitrogen and oxygen atoms in total. The van der Waals surface area contributed by atoms with Crippen molar-refractivity contribution in [2.75, 3.05) is 18.4 Å². The van der Waals surface area contributed by atoms with Crippen molar-refractivity contribution < 1.29 is 9.72 Å². The Balaban J connectivity index is 1.77. The van der Waals surface area contributed by atoms with Crippen molar-refractivity contribution in [1.82, 2.24) is 10.3 Å². The van der Waals surface area contributed by atoms with Gasteiger partial charge in [-0.3, -0.25) is 20.2 Å². The fraction of sp³-hybridized carbons (Fsp3) is 0.375. The van der Waals surface area contributed by atoms with E-state index in [1.54, 1.807) is 25.3 Å². The maximum atomic E-state index is 12.4. The van der Waals surface area contributed by atoms with Crippen LogP contribution >= 0.6 is 11.3 Å². The molecule has 8 heteroatoms. The van der Waals surface area contributed by atoms with Gasteiger partial charge in [-0.25, -0.2) is 4.98 Å². The van der Waals surface area contributed by atoms with Crippen LogP contribution in [0.15, 0.2) is 24.4 Å². The summed E-state index contributed by atoms with van der Waals surface area (Å²) in [5.74, 6) is -0.0423. The highest BCUT2D eigenvalue weighted by atomic mass is 32.1. The number of aromatic nitrogens is 1. The third-order valence-corrected chi connectivity index (χ3v) is 5.23. The third-order valence-electron chi connectivity index (χ3n) is 4.15. The topological polar surface area (TPSA) is 97.2 Å². The van der Waals surface area contributed by atoms with Crippen molar-refractivity contribution in [3.63, 3.8) is 0 Å². The van der Waals surface area contributed by atoms with Crippen LogP contribution in [0.5, 0.6) is 0 Å². The van der Waals surface area contributed by atoms with Crippen LogP contribution < -0.4 is 10.6 Å². The zero-order valence-corrected chi connectivity index (χ0v) is 14.1. The Morgan fingerprint density at radius 3 is 2.88 bits per heavy atom. The Labute approximate surface area is 143 Å². The van der Waals surface area contributed by atoms with Crippen LogP contribution in [0, 0.1) is 17.0 Å². The van der Waals surface area contributed by atoms with Gasteiger partial charge in [-0.05, 0) is 44.8 Å². The Bertz CT molecular complexity index is 768. The first kappa shape index (κ1) is 16.5. The number of nitro benzene ring substituents is 1. The van der Waals surface area contributed by atoms with Gasteiger partial charge in [-0.2, -0.15) is 0 Å². The molecule has 3 rings (SSSR count). The monoisotopic (exact) mass is 346 g/mol. The van der Waals surface area contributed by atoms with E-state index in [9.17, 15) is 14.9 Å². The molecule has 0 unspecified atom stereocenters. The lowest BCUT2D eigenvalue weighted by atomic mass is 9.97. The molecule has 2 N–H and O–H groups in total. The SMILES string of the molecule is Cc1cccc(C(=O)Nc2ncc(C3CCNCC3)s2)c1[N+](=O)[O-]. The Morgan fingerprint density at radius 1 is 1.42 bits per heavy atom. The van der Waals surface area contributed by atoms with Gasteiger partial charge in [-0.1, -0.05) is 12.1 Å². The molecule has 0 atom stereocenters. The van der Waals surface area contributed by atoms with E-state index in [0.29, 0.717) is 16.6 Å². The molecule has 1 saturated heterocycles. The van der Waals surface area contributed by atoms with Gasteiger partial charge in [0.25, 0.3) is 11.6 Å². The number of para-hydroxylation sites is 1. The summed E-state index contributed by atoms with van der Waals surface area (Å²) in [6, 6.07) is 4.72. The van der Waals surface area contributed by atoms with Gasteiger partial charge in [-0.15, -0.1) is 11.3 Å². The van der Waals surface area contributed by atoms with Crippen molar-refractivity contribution in [3.8, 4) is 0 Å². The molecule has 1 aliphatic rings. The first-order chi connectivity index (χ1) is 11.6. The van der Waals surface area contributed by atoms with Crippen LogP contribution in [-0.4, -0.2) is 28.9 Å². The molecule has 0 saturated carbocycles. The molecule has 2 heterocycles. The minimum Gasteiger partial charge on any atom is -0.317 e. The van der Waals surface area contributed by atoms with Crippen molar-refractivity contribution >= 4 is 28.1 Å². The van der Waals surface area contributed by atoms with E-state index < -0.39 is 10.8 Å². The van der Waals surface area contributed by atoms with Crippen molar-refractivity contribution in [2.24, 2.45) is 0 Å². The molecule has 2 aromatic rings. The second kappa shape index (κ2) is 7.06. The number of thiazole rings is 1. The molecule has 1 amide bonds. The van der Waals surface area contributed by atoms with E-state index in [1.807, 2.05) is 0 Å². The average molecular weight is 346 g/mol. The predicted octanol–water partition coefficient (Wildman–Crippen LogP) is 3.08. The van der Waals surface area contributed by atoms with Crippen LogP contribution in [-0.2, 0) is 0 Å². The lowest BCUT2D eigenvalue weighted by Gasteiger charge is -2.20. The summed E-state index contributed by atoms with van der Waals surface area (Å²) < 4.78 is 0. The molecule has 0 bridgehead atoms. The fourth-order valence-electron chi connectivity index (χ4n) is 2.89. The molecule has 1 fully saturated rings. The third kappa shape index (κ3) is 3.44. The highest BCUT2D eigenvalue weighted by molar-refractivity contribution is 7.15. The summed E-state index contributed by atoms with van der Waals surface area (Å²) in [6.07, 6.45) is 3.90. The molecular weight excluding hydrogens is 328 g/mol. The number of nitrogens with zero attached hydrogens (tertiary/aromatic N) is 2. The number of piperidine rings is 1. The maximum absolute atomic E-state index is 12.4. The molecule has 1 aromatic carbocycles. The summed E-state index contributed by atoms with van der Waals surface area (Å²) in [7, 11) is 0. The van der Waals surface area contributed by atoms with E-state index >= 15 is 0 Å². The minimum atomic E-state index is -0.521. The molecule has 0 radical (unpaired) electrons. The zero-order valence-electron chi connectivity index (χ0n) is 13.2. The van der Waals surface area contributed by atoms with Crippen LogP contribution in [0.4, 0.5) is 10.8 Å². The number of carbonyl (C=O) groups excluding carboxylic acids is 1. The molecule has 0 spiro atoms. The number of nitro groups is 1. The Kier molecular flexibility index (Phi) is 4.86. The summed E-state index contributed by atoms with van der Waals surface area (Å²) in [6.45, 7) is 3.59. The second-order valence-electron chi connectivity index (χ2n) is 5.77. The summed E-state index contributed by atoms with van der Waals surface area (Å²) >= 11 is 1.44. The van der Waals surface area contributed by atoms with Crippen LogP contribution in [0.25, 0.3) is 0 Å². The van der Waals surface area contributed by atoms with E-state index in [2.05, 4.69) is 15.6 Å². The summed E-state index contributed by atoms with van der Waals surface area (Å²) in [5.41, 5.74) is 0.353. The van der Waals surface area contributed by atoms with Crippen molar-refractivity contribution in [2.45, 2.75) is 25.7 Å². The first-order valence-corrected chi connectivity index (χ1v) is 8.59. The second-order valence-corrected chi connectivity index (χ2v) is 6.84. The molecule has 1 aromatic heterocycles. The van der Waals surface area contributed by atoms with Gasteiger partial charge in [0.1, 0.15) is 5.56 Å². The number of nitrogens with one attached hydrogen (secondary N) is 2. The number of benzene rings is 1. The molecule has 126 valence electrons. The molecule has 24 heavy (non-hydrogen) atoms. The number of hydrogen-bond acceptors (Lipinski definition) is 6. The highest BCUT2D eigenvalue weighted by Gasteiger charge is 2.24. The number of aryl methyl sites for hydroxylation is 1.